The lowest BCUT2D eigenvalue weighted by atomic mass is 9.74. The molecule has 0 bridgehead atoms. The largest absolute Gasteiger partial charge is 0.391 e. The van der Waals surface area contributed by atoms with Crippen LogP contribution in [0.1, 0.15) is 30.3 Å². The molecule has 2 aromatic rings. The average molecular weight is 343 g/mol. The SMILES string of the molecule is Cc1cc(=O)n(-c2ccc(Cl)cc2)c([C@H]2C[C@@H](C(F)(F)F)C2)n1. The minimum Gasteiger partial charge on any atom is -0.269 e. The quantitative estimate of drug-likeness (QED) is 0.817. The predicted octanol–water partition coefficient (Wildman–Crippen LogP) is 4.25. The molecule has 0 spiro atoms. The molecule has 0 N–H and O–H groups in total. The van der Waals surface area contributed by atoms with E-state index < -0.39 is 12.1 Å². The van der Waals surface area contributed by atoms with Gasteiger partial charge in [-0.05, 0) is 44.0 Å². The van der Waals surface area contributed by atoms with E-state index in [2.05, 4.69) is 4.98 Å². The topological polar surface area (TPSA) is 34.9 Å². The van der Waals surface area contributed by atoms with Gasteiger partial charge in [0, 0.05) is 22.7 Å². The van der Waals surface area contributed by atoms with E-state index in [9.17, 15) is 18.0 Å². The third-order valence-corrected chi connectivity index (χ3v) is 4.38. The first-order valence-corrected chi connectivity index (χ1v) is 7.57. The summed E-state index contributed by atoms with van der Waals surface area (Å²) in [6.07, 6.45) is -4.26. The maximum Gasteiger partial charge on any atom is 0.391 e. The average Bonchev–Trinajstić information content (AvgIpc) is 2.36. The van der Waals surface area contributed by atoms with E-state index in [1.165, 1.54) is 10.6 Å². The van der Waals surface area contributed by atoms with Crippen molar-refractivity contribution in [2.75, 3.05) is 0 Å². The van der Waals surface area contributed by atoms with Crippen LogP contribution >= 0.6 is 11.6 Å². The van der Waals surface area contributed by atoms with Crippen molar-refractivity contribution in [2.24, 2.45) is 5.92 Å². The van der Waals surface area contributed by atoms with Crippen molar-refractivity contribution >= 4 is 11.6 Å². The van der Waals surface area contributed by atoms with Gasteiger partial charge in [0.05, 0.1) is 11.6 Å². The van der Waals surface area contributed by atoms with Crippen molar-refractivity contribution in [1.82, 2.24) is 9.55 Å². The van der Waals surface area contributed by atoms with Crippen molar-refractivity contribution in [3.05, 3.63) is 57.2 Å². The molecule has 3 nitrogen and oxygen atoms in total. The van der Waals surface area contributed by atoms with Crippen LogP contribution in [0.4, 0.5) is 13.2 Å². The molecule has 0 amide bonds. The summed E-state index contributed by atoms with van der Waals surface area (Å²) in [5, 5.41) is 0.518. The zero-order valence-electron chi connectivity index (χ0n) is 12.3. The second-order valence-corrected chi connectivity index (χ2v) is 6.25. The van der Waals surface area contributed by atoms with Gasteiger partial charge in [0.15, 0.2) is 0 Å². The molecule has 122 valence electrons. The smallest absolute Gasteiger partial charge is 0.269 e. The Labute approximate surface area is 135 Å². The van der Waals surface area contributed by atoms with E-state index in [-0.39, 0.29) is 24.3 Å². The van der Waals surface area contributed by atoms with Crippen LogP contribution in [0, 0.1) is 12.8 Å². The van der Waals surface area contributed by atoms with Gasteiger partial charge in [-0.3, -0.25) is 9.36 Å². The van der Waals surface area contributed by atoms with Crippen LogP contribution in [0.2, 0.25) is 5.02 Å². The van der Waals surface area contributed by atoms with E-state index in [0.29, 0.717) is 22.2 Å². The lowest BCUT2D eigenvalue weighted by Crippen LogP contribution is -2.37. The van der Waals surface area contributed by atoms with Gasteiger partial charge in [0.1, 0.15) is 5.82 Å². The zero-order chi connectivity index (χ0) is 16.8. The highest BCUT2D eigenvalue weighted by Gasteiger charge is 2.49. The van der Waals surface area contributed by atoms with Crippen LogP contribution in [0.3, 0.4) is 0 Å². The molecule has 0 radical (unpaired) electrons. The highest BCUT2D eigenvalue weighted by Crippen LogP contribution is 2.49. The van der Waals surface area contributed by atoms with Gasteiger partial charge in [-0.1, -0.05) is 11.6 Å². The second-order valence-electron chi connectivity index (χ2n) is 5.81. The summed E-state index contributed by atoms with van der Waals surface area (Å²) in [6, 6.07) is 7.95. The summed E-state index contributed by atoms with van der Waals surface area (Å²) in [5.74, 6) is -1.30. The fourth-order valence-corrected chi connectivity index (χ4v) is 2.96. The molecule has 1 aliphatic carbocycles. The van der Waals surface area contributed by atoms with Crippen molar-refractivity contribution in [2.45, 2.75) is 31.9 Å². The molecule has 7 heteroatoms. The monoisotopic (exact) mass is 342 g/mol. The number of hydrogen-bond acceptors (Lipinski definition) is 2. The summed E-state index contributed by atoms with van der Waals surface area (Å²) >= 11 is 5.85. The molecule has 1 fully saturated rings. The molecule has 1 heterocycles. The Morgan fingerprint density at radius 2 is 1.83 bits per heavy atom. The van der Waals surface area contributed by atoms with Crippen molar-refractivity contribution < 1.29 is 13.2 Å². The Hall–Kier alpha value is -1.82. The first-order chi connectivity index (χ1) is 10.8. The van der Waals surface area contributed by atoms with Gasteiger partial charge in [-0.15, -0.1) is 0 Å². The summed E-state index contributed by atoms with van der Waals surface area (Å²) in [4.78, 5) is 16.7. The first kappa shape index (κ1) is 16.1. The second kappa shape index (κ2) is 5.67. The number of nitrogens with zero attached hydrogens (tertiary/aromatic N) is 2. The Balaban J connectivity index is 2.01. The molecule has 23 heavy (non-hydrogen) atoms. The molecule has 1 aliphatic rings. The Kier molecular flexibility index (Phi) is 3.96. The number of halogens is 4. The van der Waals surface area contributed by atoms with Gasteiger partial charge in [-0.2, -0.15) is 13.2 Å². The van der Waals surface area contributed by atoms with Crippen LogP contribution < -0.4 is 5.56 Å². The highest BCUT2D eigenvalue weighted by atomic mass is 35.5. The number of benzene rings is 1. The number of rotatable bonds is 2. The van der Waals surface area contributed by atoms with Crippen LogP contribution in [-0.4, -0.2) is 15.7 Å². The summed E-state index contributed by atoms with van der Waals surface area (Å²) in [6.45, 7) is 1.66. The molecule has 0 saturated heterocycles. The Morgan fingerprint density at radius 3 is 2.39 bits per heavy atom. The number of aromatic nitrogens is 2. The van der Waals surface area contributed by atoms with Gasteiger partial charge < -0.3 is 0 Å². The number of alkyl halides is 3. The summed E-state index contributed by atoms with van der Waals surface area (Å²) < 4.78 is 39.5. The van der Waals surface area contributed by atoms with Gasteiger partial charge in [0.2, 0.25) is 0 Å². The van der Waals surface area contributed by atoms with Crippen LogP contribution in [0.5, 0.6) is 0 Å². The lowest BCUT2D eigenvalue weighted by Gasteiger charge is -2.37. The lowest BCUT2D eigenvalue weighted by molar-refractivity contribution is -0.198. The molecule has 0 unspecified atom stereocenters. The molecule has 1 saturated carbocycles. The number of aryl methyl sites for hydroxylation is 1. The summed E-state index contributed by atoms with van der Waals surface area (Å²) in [7, 11) is 0. The van der Waals surface area contributed by atoms with E-state index >= 15 is 0 Å². The Morgan fingerprint density at radius 1 is 1.22 bits per heavy atom. The van der Waals surface area contributed by atoms with Crippen molar-refractivity contribution in [3.8, 4) is 5.69 Å². The third kappa shape index (κ3) is 3.13. The Bertz CT molecular complexity index is 777. The molecule has 0 aliphatic heterocycles. The molecule has 0 atom stereocenters. The standard InChI is InChI=1S/C16H14ClF3N2O/c1-9-6-14(23)22(13-4-2-12(17)3-5-13)15(21-9)10-7-11(8-10)16(18,19)20/h2-6,10-11H,7-8H2,1H3/t10-,11+. The van der Waals surface area contributed by atoms with Crippen molar-refractivity contribution in [1.29, 1.82) is 0 Å². The molecular formula is C16H14ClF3N2O. The summed E-state index contributed by atoms with van der Waals surface area (Å²) in [5.41, 5.74) is 0.758. The highest BCUT2D eigenvalue weighted by molar-refractivity contribution is 6.30. The van der Waals surface area contributed by atoms with Crippen LogP contribution in [-0.2, 0) is 0 Å². The molecule has 1 aromatic heterocycles. The van der Waals surface area contributed by atoms with E-state index in [1.54, 1.807) is 31.2 Å². The molecule has 1 aromatic carbocycles. The number of hydrogen-bond donors (Lipinski definition) is 0. The maximum absolute atomic E-state index is 12.7. The minimum atomic E-state index is -4.19. The van der Waals surface area contributed by atoms with Crippen LogP contribution in [0.15, 0.2) is 35.1 Å². The van der Waals surface area contributed by atoms with Gasteiger partial charge in [0.25, 0.3) is 5.56 Å². The third-order valence-electron chi connectivity index (χ3n) is 4.12. The van der Waals surface area contributed by atoms with E-state index in [4.69, 9.17) is 11.6 Å². The van der Waals surface area contributed by atoms with E-state index in [0.717, 1.165) is 0 Å². The molecule has 3 rings (SSSR count). The fraction of sp³-hybridized carbons (Fsp3) is 0.375. The first-order valence-electron chi connectivity index (χ1n) is 7.19. The zero-order valence-corrected chi connectivity index (χ0v) is 13.0. The van der Waals surface area contributed by atoms with Crippen LogP contribution in [0.25, 0.3) is 5.69 Å². The minimum absolute atomic E-state index is 0.0347. The van der Waals surface area contributed by atoms with Crippen molar-refractivity contribution in [3.63, 3.8) is 0 Å². The van der Waals surface area contributed by atoms with Gasteiger partial charge >= 0.3 is 6.18 Å². The van der Waals surface area contributed by atoms with E-state index in [1.807, 2.05) is 0 Å². The normalized spacial score (nSPS) is 21.1. The fourth-order valence-electron chi connectivity index (χ4n) is 2.84. The predicted molar refractivity (Wildman–Crippen MR) is 81.1 cm³/mol. The van der Waals surface area contributed by atoms with Gasteiger partial charge in [-0.25, -0.2) is 4.98 Å². The maximum atomic E-state index is 12.7. The molecular weight excluding hydrogens is 329 g/mol.